The van der Waals surface area contributed by atoms with Crippen molar-refractivity contribution >= 4 is 31.9 Å². The van der Waals surface area contributed by atoms with Crippen molar-refractivity contribution in [2.75, 3.05) is 11.9 Å². The first-order valence-electron chi connectivity index (χ1n) is 6.78. The molecule has 0 amide bonds. The molecule has 2 rings (SSSR count). The Hall–Kier alpha value is -0.640. The second-order valence-electron chi connectivity index (χ2n) is 4.89. The second-order valence-corrected chi connectivity index (χ2v) is 6.83. The van der Waals surface area contributed by atoms with Crippen LogP contribution in [0.1, 0.15) is 11.1 Å². The van der Waals surface area contributed by atoms with Gasteiger partial charge in [0.1, 0.15) is 0 Å². The molecular formula is C17H19Br2N. The minimum atomic E-state index is 0.468. The van der Waals surface area contributed by atoms with Crippen LogP contribution >= 0.6 is 31.9 Å². The fraction of sp³-hybridized carbons (Fsp3) is 0.294. The van der Waals surface area contributed by atoms with Crippen molar-refractivity contribution < 1.29 is 0 Å². The highest BCUT2D eigenvalue weighted by molar-refractivity contribution is 9.12. The molecule has 2 aromatic carbocycles. The molecule has 0 N–H and O–H groups in total. The van der Waals surface area contributed by atoms with E-state index in [1.54, 1.807) is 0 Å². The van der Waals surface area contributed by atoms with Crippen molar-refractivity contribution in [3.8, 4) is 0 Å². The number of nitrogens with zero attached hydrogens (tertiary/aromatic N) is 1. The molecule has 0 spiro atoms. The molecule has 0 saturated heterocycles. The number of hydrogen-bond acceptors (Lipinski definition) is 1. The second kappa shape index (κ2) is 8.60. The predicted molar refractivity (Wildman–Crippen MR) is 93.5 cm³/mol. The zero-order chi connectivity index (χ0) is 14.2. The third-order valence-corrected chi connectivity index (χ3v) is 5.39. The number of halogens is 2. The summed E-state index contributed by atoms with van der Waals surface area (Å²) < 4.78 is 0. The lowest BCUT2D eigenvalue weighted by Gasteiger charge is -2.24. The number of alkyl halides is 2. The Balaban J connectivity index is 2.04. The lowest BCUT2D eigenvalue weighted by molar-refractivity contribution is 0.262. The number of hydrogen-bond donors (Lipinski definition) is 0. The molecule has 0 radical (unpaired) electrons. The van der Waals surface area contributed by atoms with E-state index < -0.39 is 0 Å². The van der Waals surface area contributed by atoms with Gasteiger partial charge in [-0.15, -0.1) is 0 Å². The first kappa shape index (κ1) is 15.7. The smallest absolute Gasteiger partial charge is 0.0370 e. The van der Waals surface area contributed by atoms with Gasteiger partial charge in [0.15, 0.2) is 0 Å². The summed E-state index contributed by atoms with van der Waals surface area (Å²) in [5.74, 6) is 0. The lowest BCUT2D eigenvalue weighted by atomic mass is 10.1. The summed E-state index contributed by atoms with van der Waals surface area (Å²) in [6.07, 6.45) is 0. The largest absolute Gasteiger partial charge is 0.294 e. The summed E-state index contributed by atoms with van der Waals surface area (Å²) in [7, 11) is 0. The van der Waals surface area contributed by atoms with Crippen molar-refractivity contribution in [2.24, 2.45) is 0 Å². The topological polar surface area (TPSA) is 3.24 Å². The normalized spacial score (nSPS) is 12.6. The first-order valence-corrected chi connectivity index (χ1v) is 8.82. The van der Waals surface area contributed by atoms with Gasteiger partial charge in [0.2, 0.25) is 0 Å². The maximum absolute atomic E-state index is 3.72. The van der Waals surface area contributed by atoms with Crippen LogP contribution in [0.4, 0.5) is 0 Å². The van der Waals surface area contributed by atoms with E-state index in [9.17, 15) is 0 Å². The number of rotatable bonds is 7. The quantitative estimate of drug-likeness (QED) is 0.604. The van der Waals surface area contributed by atoms with Gasteiger partial charge in [-0.2, -0.15) is 0 Å². The van der Waals surface area contributed by atoms with Crippen LogP contribution in [0.25, 0.3) is 0 Å². The van der Waals surface area contributed by atoms with Gasteiger partial charge in [0.05, 0.1) is 0 Å². The first-order chi connectivity index (χ1) is 9.78. The van der Waals surface area contributed by atoms with Crippen molar-refractivity contribution in [3.63, 3.8) is 0 Å². The van der Waals surface area contributed by atoms with Gasteiger partial charge in [-0.05, 0) is 11.1 Å². The van der Waals surface area contributed by atoms with Crippen LogP contribution in [-0.2, 0) is 13.1 Å². The molecule has 0 aromatic heterocycles. The van der Waals surface area contributed by atoms with Crippen LogP contribution in [0.15, 0.2) is 60.7 Å². The molecule has 0 aliphatic rings. The van der Waals surface area contributed by atoms with E-state index in [0.29, 0.717) is 4.83 Å². The fourth-order valence-corrected chi connectivity index (χ4v) is 2.81. The average molecular weight is 397 g/mol. The van der Waals surface area contributed by atoms with Gasteiger partial charge >= 0.3 is 0 Å². The summed E-state index contributed by atoms with van der Waals surface area (Å²) in [6.45, 7) is 2.98. The van der Waals surface area contributed by atoms with Gasteiger partial charge in [-0.1, -0.05) is 92.5 Å². The third kappa shape index (κ3) is 5.39. The Morgan fingerprint density at radius 1 is 0.800 bits per heavy atom. The molecule has 3 heteroatoms. The fourth-order valence-electron chi connectivity index (χ4n) is 2.20. The summed E-state index contributed by atoms with van der Waals surface area (Å²) in [5.41, 5.74) is 2.72. The molecule has 20 heavy (non-hydrogen) atoms. The average Bonchev–Trinajstić information content (AvgIpc) is 2.49. The van der Waals surface area contributed by atoms with Crippen LogP contribution in [0.3, 0.4) is 0 Å². The molecule has 0 aliphatic carbocycles. The molecule has 0 saturated carbocycles. The highest BCUT2D eigenvalue weighted by Crippen LogP contribution is 2.14. The Morgan fingerprint density at radius 3 is 1.65 bits per heavy atom. The van der Waals surface area contributed by atoms with E-state index in [1.165, 1.54) is 11.1 Å². The van der Waals surface area contributed by atoms with Gasteiger partial charge in [-0.25, -0.2) is 0 Å². The Bertz CT molecular complexity index is 445. The van der Waals surface area contributed by atoms with Crippen LogP contribution in [0.2, 0.25) is 0 Å². The molecule has 2 aromatic rings. The molecule has 0 heterocycles. The molecule has 1 unspecified atom stereocenters. The standard InChI is InChI=1S/C17H19Br2N/c18-11-17(19)14-20(12-15-7-3-1-4-8-15)13-16-9-5-2-6-10-16/h1-10,17H,11-14H2. The minimum Gasteiger partial charge on any atom is -0.294 e. The molecule has 1 atom stereocenters. The summed E-state index contributed by atoms with van der Waals surface area (Å²) in [5, 5.41) is 0.965. The predicted octanol–water partition coefficient (Wildman–Crippen LogP) is 4.85. The summed E-state index contributed by atoms with van der Waals surface area (Å²) in [6, 6.07) is 21.3. The highest BCUT2D eigenvalue weighted by atomic mass is 79.9. The third-order valence-electron chi connectivity index (χ3n) is 3.12. The molecule has 1 nitrogen and oxygen atoms in total. The zero-order valence-electron chi connectivity index (χ0n) is 11.4. The number of benzene rings is 2. The minimum absolute atomic E-state index is 0.468. The Labute approximate surface area is 138 Å². The molecule has 0 aliphatic heterocycles. The highest BCUT2D eigenvalue weighted by Gasteiger charge is 2.11. The van der Waals surface area contributed by atoms with E-state index in [4.69, 9.17) is 0 Å². The van der Waals surface area contributed by atoms with E-state index in [-0.39, 0.29) is 0 Å². The molecule has 0 bridgehead atoms. The van der Waals surface area contributed by atoms with Gasteiger partial charge in [0.25, 0.3) is 0 Å². The Morgan fingerprint density at radius 2 is 1.25 bits per heavy atom. The van der Waals surface area contributed by atoms with Crippen molar-refractivity contribution in [2.45, 2.75) is 17.9 Å². The van der Waals surface area contributed by atoms with Gasteiger partial charge < -0.3 is 0 Å². The molecule has 0 fully saturated rings. The summed E-state index contributed by atoms with van der Waals surface area (Å²) >= 11 is 7.26. The van der Waals surface area contributed by atoms with E-state index >= 15 is 0 Å². The maximum atomic E-state index is 3.72. The van der Waals surface area contributed by atoms with E-state index in [0.717, 1.165) is 25.0 Å². The maximum Gasteiger partial charge on any atom is 0.0370 e. The van der Waals surface area contributed by atoms with E-state index in [2.05, 4.69) is 97.4 Å². The van der Waals surface area contributed by atoms with Crippen LogP contribution in [0, 0.1) is 0 Å². The lowest BCUT2D eigenvalue weighted by Crippen LogP contribution is -2.29. The van der Waals surface area contributed by atoms with Crippen molar-refractivity contribution in [1.82, 2.24) is 4.90 Å². The van der Waals surface area contributed by atoms with Crippen molar-refractivity contribution in [1.29, 1.82) is 0 Å². The summed E-state index contributed by atoms with van der Waals surface area (Å²) in [4.78, 5) is 2.95. The van der Waals surface area contributed by atoms with E-state index in [1.807, 2.05) is 0 Å². The molecular weight excluding hydrogens is 378 g/mol. The zero-order valence-corrected chi connectivity index (χ0v) is 14.6. The van der Waals surface area contributed by atoms with Gasteiger partial charge in [0, 0.05) is 29.8 Å². The van der Waals surface area contributed by atoms with Gasteiger partial charge in [-0.3, -0.25) is 4.90 Å². The van der Waals surface area contributed by atoms with Crippen LogP contribution in [0.5, 0.6) is 0 Å². The van der Waals surface area contributed by atoms with Crippen LogP contribution in [-0.4, -0.2) is 21.6 Å². The molecule has 106 valence electrons. The van der Waals surface area contributed by atoms with Crippen molar-refractivity contribution in [3.05, 3.63) is 71.8 Å². The van der Waals surface area contributed by atoms with Crippen LogP contribution < -0.4 is 0 Å². The SMILES string of the molecule is BrCC(Br)CN(Cc1ccccc1)Cc1ccccc1. The monoisotopic (exact) mass is 395 g/mol. The Kier molecular flexibility index (Phi) is 6.77.